The van der Waals surface area contributed by atoms with Crippen LogP contribution in [0.3, 0.4) is 0 Å². The lowest BCUT2D eigenvalue weighted by Crippen LogP contribution is -2.41. The first-order valence-electron chi connectivity index (χ1n) is 5.92. The average Bonchev–Trinajstić information content (AvgIpc) is 2.28. The lowest BCUT2D eigenvalue weighted by atomic mass is 10.0. The Morgan fingerprint density at radius 2 is 2.29 bits per heavy atom. The number of carbonyl (C=O) groups excluding carboxylic acids is 1. The number of hydrogen-bond donors (Lipinski definition) is 2. The summed E-state index contributed by atoms with van der Waals surface area (Å²) in [7, 11) is 0. The van der Waals surface area contributed by atoms with Gasteiger partial charge in [-0.1, -0.05) is 19.4 Å². The maximum absolute atomic E-state index is 11.6. The maximum atomic E-state index is 11.6. The molecule has 94 valence electrons. The summed E-state index contributed by atoms with van der Waals surface area (Å²) < 4.78 is 0. The molecule has 1 atom stereocenters. The Hall–Kier alpha value is -1.42. The second-order valence-corrected chi connectivity index (χ2v) is 4.52. The van der Waals surface area contributed by atoms with Crippen molar-refractivity contribution in [1.82, 2.24) is 10.3 Å². The predicted octanol–water partition coefficient (Wildman–Crippen LogP) is 1.29. The molecule has 4 nitrogen and oxygen atoms in total. The Morgan fingerprint density at radius 1 is 1.53 bits per heavy atom. The topological polar surface area (TPSA) is 62.2 Å². The Kier molecular flexibility index (Phi) is 5.10. The monoisotopic (exact) mass is 236 g/mol. The van der Waals surface area contributed by atoms with Gasteiger partial charge >= 0.3 is 0 Å². The highest BCUT2D eigenvalue weighted by molar-refractivity contribution is 5.78. The van der Waals surface area contributed by atoms with Crippen LogP contribution in [0.4, 0.5) is 0 Å². The van der Waals surface area contributed by atoms with Gasteiger partial charge in [-0.05, 0) is 25.5 Å². The first kappa shape index (κ1) is 13.6. The average molecular weight is 236 g/mol. The van der Waals surface area contributed by atoms with Crippen LogP contribution in [0.25, 0.3) is 0 Å². The Balaban J connectivity index is 2.36. The van der Waals surface area contributed by atoms with E-state index in [9.17, 15) is 9.90 Å². The van der Waals surface area contributed by atoms with E-state index in [0.29, 0.717) is 6.42 Å². The van der Waals surface area contributed by atoms with Crippen LogP contribution in [0.2, 0.25) is 0 Å². The van der Waals surface area contributed by atoms with E-state index >= 15 is 0 Å². The van der Waals surface area contributed by atoms with Crippen molar-refractivity contribution >= 4 is 5.91 Å². The third-order valence-electron chi connectivity index (χ3n) is 2.52. The zero-order valence-corrected chi connectivity index (χ0v) is 10.4. The fourth-order valence-electron chi connectivity index (χ4n) is 1.65. The fraction of sp³-hybridized carbons (Fsp3) is 0.538. The van der Waals surface area contributed by atoms with Gasteiger partial charge in [0.1, 0.15) is 0 Å². The van der Waals surface area contributed by atoms with E-state index in [1.807, 2.05) is 25.1 Å². The standard InChI is InChI=1S/C13H20N2O2/c1-3-7-13(2,17)10-15-12(16)9-11-6-4-5-8-14-11/h4-6,8,17H,3,7,9-10H2,1-2H3,(H,15,16). The van der Waals surface area contributed by atoms with Gasteiger partial charge in [0.25, 0.3) is 0 Å². The van der Waals surface area contributed by atoms with Gasteiger partial charge in [-0.2, -0.15) is 0 Å². The van der Waals surface area contributed by atoms with Crippen LogP contribution in [0.1, 0.15) is 32.4 Å². The third kappa shape index (κ3) is 5.45. The molecule has 0 fully saturated rings. The van der Waals surface area contributed by atoms with Crippen molar-refractivity contribution in [2.75, 3.05) is 6.54 Å². The van der Waals surface area contributed by atoms with Crippen LogP contribution in [0.5, 0.6) is 0 Å². The molecular weight excluding hydrogens is 216 g/mol. The van der Waals surface area contributed by atoms with Crippen molar-refractivity contribution in [3.8, 4) is 0 Å². The minimum absolute atomic E-state index is 0.111. The van der Waals surface area contributed by atoms with Gasteiger partial charge in [0.15, 0.2) is 0 Å². The Morgan fingerprint density at radius 3 is 2.88 bits per heavy atom. The molecule has 17 heavy (non-hydrogen) atoms. The van der Waals surface area contributed by atoms with E-state index in [1.165, 1.54) is 0 Å². The van der Waals surface area contributed by atoms with Gasteiger partial charge in [0.2, 0.25) is 5.91 Å². The highest BCUT2D eigenvalue weighted by Gasteiger charge is 2.19. The van der Waals surface area contributed by atoms with Gasteiger partial charge in [-0.3, -0.25) is 9.78 Å². The number of pyridine rings is 1. The second-order valence-electron chi connectivity index (χ2n) is 4.52. The van der Waals surface area contributed by atoms with Crippen molar-refractivity contribution in [2.24, 2.45) is 0 Å². The van der Waals surface area contributed by atoms with E-state index in [1.54, 1.807) is 13.1 Å². The van der Waals surface area contributed by atoms with Crippen LogP contribution >= 0.6 is 0 Å². The fourth-order valence-corrected chi connectivity index (χ4v) is 1.65. The number of amides is 1. The van der Waals surface area contributed by atoms with Crippen LogP contribution in [-0.2, 0) is 11.2 Å². The van der Waals surface area contributed by atoms with Crippen LogP contribution in [0.15, 0.2) is 24.4 Å². The highest BCUT2D eigenvalue weighted by Crippen LogP contribution is 2.09. The molecule has 0 saturated heterocycles. The summed E-state index contributed by atoms with van der Waals surface area (Å²) in [6, 6.07) is 5.47. The van der Waals surface area contributed by atoms with E-state index in [0.717, 1.165) is 12.1 Å². The van der Waals surface area contributed by atoms with E-state index in [4.69, 9.17) is 0 Å². The van der Waals surface area contributed by atoms with E-state index in [2.05, 4.69) is 10.3 Å². The predicted molar refractivity (Wildman–Crippen MR) is 66.5 cm³/mol. The summed E-state index contributed by atoms with van der Waals surface area (Å²) in [5.74, 6) is -0.111. The SMILES string of the molecule is CCCC(C)(O)CNC(=O)Cc1ccccn1. The molecule has 0 aliphatic rings. The summed E-state index contributed by atoms with van der Waals surface area (Å²) in [4.78, 5) is 15.7. The van der Waals surface area contributed by atoms with E-state index in [-0.39, 0.29) is 18.9 Å². The molecule has 1 amide bonds. The lowest BCUT2D eigenvalue weighted by Gasteiger charge is -2.22. The van der Waals surface area contributed by atoms with Crippen molar-refractivity contribution < 1.29 is 9.90 Å². The van der Waals surface area contributed by atoms with Crippen molar-refractivity contribution in [2.45, 2.75) is 38.7 Å². The molecule has 1 unspecified atom stereocenters. The molecule has 1 heterocycles. The molecule has 1 aromatic heterocycles. The molecule has 0 radical (unpaired) electrons. The quantitative estimate of drug-likeness (QED) is 0.782. The first-order chi connectivity index (χ1) is 8.03. The van der Waals surface area contributed by atoms with Gasteiger partial charge in [0, 0.05) is 18.4 Å². The Labute approximate surface area is 102 Å². The summed E-state index contributed by atoms with van der Waals surface area (Å²) in [6.07, 6.45) is 3.48. The number of hydrogen-bond acceptors (Lipinski definition) is 3. The maximum Gasteiger partial charge on any atom is 0.226 e. The summed E-state index contributed by atoms with van der Waals surface area (Å²) >= 11 is 0. The minimum Gasteiger partial charge on any atom is -0.388 e. The molecule has 4 heteroatoms. The molecule has 1 rings (SSSR count). The summed E-state index contributed by atoms with van der Waals surface area (Å²) in [5.41, 5.74) is -0.0886. The largest absolute Gasteiger partial charge is 0.388 e. The van der Waals surface area contributed by atoms with E-state index < -0.39 is 5.60 Å². The minimum atomic E-state index is -0.825. The summed E-state index contributed by atoms with van der Waals surface area (Å²) in [5, 5.41) is 12.6. The number of aromatic nitrogens is 1. The highest BCUT2D eigenvalue weighted by atomic mass is 16.3. The molecular formula is C13H20N2O2. The van der Waals surface area contributed by atoms with Gasteiger partial charge in [-0.25, -0.2) is 0 Å². The lowest BCUT2D eigenvalue weighted by molar-refractivity contribution is -0.121. The molecule has 0 aliphatic carbocycles. The van der Waals surface area contributed by atoms with Crippen molar-refractivity contribution in [3.05, 3.63) is 30.1 Å². The van der Waals surface area contributed by atoms with Crippen LogP contribution < -0.4 is 5.32 Å². The number of carbonyl (C=O) groups is 1. The molecule has 0 saturated carbocycles. The molecule has 2 N–H and O–H groups in total. The van der Waals surface area contributed by atoms with Gasteiger partial charge < -0.3 is 10.4 Å². The second kappa shape index (κ2) is 6.35. The van der Waals surface area contributed by atoms with Crippen LogP contribution in [-0.4, -0.2) is 28.1 Å². The number of aliphatic hydroxyl groups is 1. The molecule has 0 spiro atoms. The number of rotatable bonds is 6. The molecule has 0 aromatic carbocycles. The first-order valence-corrected chi connectivity index (χ1v) is 5.92. The number of nitrogens with zero attached hydrogens (tertiary/aromatic N) is 1. The van der Waals surface area contributed by atoms with Crippen molar-refractivity contribution in [3.63, 3.8) is 0 Å². The molecule has 0 aliphatic heterocycles. The van der Waals surface area contributed by atoms with Gasteiger partial charge in [0.05, 0.1) is 12.0 Å². The zero-order valence-electron chi connectivity index (χ0n) is 10.4. The normalized spacial score (nSPS) is 14.1. The summed E-state index contributed by atoms with van der Waals surface area (Å²) in [6.45, 7) is 4.02. The Bertz CT molecular complexity index is 350. The molecule has 1 aromatic rings. The van der Waals surface area contributed by atoms with Crippen molar-refractivity contribution in [1.29, 1.82) is 0 Å². The third-order valence-corrected chi connectivity index (χ3v) is 2.52. The zero-order chi connectivity index (χ0) is 12.7. The molecule has 0 bridgehead atoms. The van der Waals surface area contributed by atoms with Gasteiger partial charge in [-0.15, -0.1) is 0 Å². The number of nitrogens with one attached hydrogen (secondary N) is 1. The van der Waals surface area contributed by atoms with Crippen LogP contribution in [0, 0.1) is 0 Å². The smallest absolute Gasteiger partial charge is 0.226 e.